The monoisotopic (exact) mass is 133 g/mol. The molecule has 0 aliphatic carbocycles. The van der Waals surface area contributed by atoms with E-state index in [1.54, 1.807) is 0 Å². The van der Waals surface area contributed by atoms with Crippen molar-refractivity contribution in [3.05, 3.63) is 0 Å². The van der Waals surface area contributed by atoms with Gasteiger partial charge < -0.3 is 0 Å². The van der Waals surface area contributed by atoms with Crippen LogP contribution in [0.25, 0.3) is 0 Å². The van der Waals surface area contributed by atoms with Gasteiger partial charge in [0.1, 0.15) is 0 Å². The first-order valence-corrected chi connectivity index (χ1v) is 3.67. The number of hydrogen-bond donors (Lipinski definition) is 1. The van der Waals surface area contributed by atoms with Crippen molar-refractivity contribution in [3.8, 4) is 0 Å². The summed E-state index contributed by atoms with van der Waals surface area (Å²) in [5.74, 6) is 0.747. The van der Waals surface area contributed by atoms with E-state index in [2.05, 4.69) is 6.92 Å². The second-order valence-corrected chi connectivity index (χ2v) is 3.12. The number of hydrogen-bond acceptors (Lipinski definition) is 1. The van der Waals surface area contributed by atoms with E-state index in [0.29, 0.717) is 0 Å². The molecule has 0 bridgehead atoms. The van der Waals surface area contributed by atoms with Gasteiger partial charge in [0.15, 0.2) is 0 Å². The Morgan fingerprint density at radius 1 is 1.75 bits per heavy atom. The first-order valence-electron chi connectivity index (χ1n) is 2.91. The lowest BCUT2D eigenvalue weighted by atomic mass is 10.2. The molecule has 1 aliphatic rings. The summed E-state index contributed by atoms with van der Waals surface area (Å²) in [6.45, 7) is 4.20. The van der Waals surface area contributed by atoms with Crippen LogP contribution in [0.3, 0.4) is 0 Å². The number of nitrogens with zero attached hydrogens (tertiary/aromatic N) is 1. The zero-order chi connectivity index (χ0) is 5.98. The average molecular weight is 133 g/mol. The van der Waals surface area contributed by atoms with E-state index >= 15 is 0 Å². The van der Waals surface area contributed by atoms with Gasteiger partial charge in [0.25, 0.3) is 0 Å². The van der Waals surface area contributed by atoms with Crippen LogP contribution in [-0.4, -0.2) is 21.6 Å². The van der Waals surface area contributed by atoms with Crippen molar-refractivity contribution in [2.45, 2.75) is 13.3 Å². The fourth-order valence-corrected chi connectivity index (χ4v) is 1.53. The molecule has 48 valence electrons. The molecule has 0 N–H and O–H groups in total. The second-order valence-electron chi connectivity index (χ2n) is 2.39. The summed E-state index contributed by atoms with van der Waals surface area (Å²) in [5, 5.41) is 0. The lowest BCUT2D eigenvalue weighted by molar-refractivity contribution is 0.525. The van der Waals surface area contributed by atoms with E-state index in [4.69, 9.17) is 0 Å². The minimum Gasteiger partial charge on any atom is -0.246 e. The van der Waals surface area contributed by atoms with Gasteiger partial charge in [-0.25, -0.2) is 8.51 Å². The quantitative estimate of drug-likeness (QED) is 0.506. The van der Waals surface area contributed by atoms with E-state index in [0.717, 1.165) is 19.0 Å². The molecule has 1 saturated heterocycles. The van der Waals surface area contributed by atoms with Crippen LogP contribution >= 0.6 is 0 Å². The van der Waals surface area contributed by atoms with Crippen LogP contribution in [0.15, 0.2) is 0 Å². The third-order valence-corrected chi connectivity index (χ3v) is 2.11. The van der Waals surface area contributed by atoms with Crippen LogP contribution in [0.5, 0.6) is 0 Å². The van der Waals surface area contributed by atoms with Gasteiger partial charge in [0.05, 0.1) is 11.9 Å². The summed E-state index contributed by atoms with van der Waals surface area (Å²) in [7, 11) is 0. The van der Waals surface area contributed by atoms with Gasteiger partial charge in [-0.1, -0.05) is 6.92 Å². The molecule has 3 heteroatoms. The lowest BCUT2D eigenvalue weighted by Crippen LogP contribution is -2.13. The summed E-state index contributed by atoms with van der Waals surface area (Å²) < 4.78 is 12.1. The van der Waals surface area contributed by atoms with Gasteiger partial charge in [-0.3, -0.25) is 0 Å². The molecule has 1 aliphatic heterocycles. The van der Waals surface area contributed by atoms with Gasteiger partial charge in [0.2, 0.25) is 0 Å². The Balaban J connectivity index is 2.32. The molecule has 0 aromatic rings. The predicted octanol–water partition coefficient (Wildman–Crippen LogP) is 0.189. The number of thiol groups is 1. The topological polar surface area (TPSA) is 20.3 Å². The van der Waals surface area contributed by atoms with Crippen molar-refractivity contribution >= 4 is 11.9 Å². The normalized spacial score (nSPS) is 31.4. The molecule has 1 fully saturated rings. The Morgan fingerprint density at radius 2 is 2.50 bits per heavy atom. The Hall–Kier alpha value is 0.110. The SMILES string of the molecule is CC1CCN([SH]=O)C1. The molecular formula is C5H11NOS. The van der Waals surface area contributed by atoms with Gasteiger partial charge in [-0.05, 0) is 12.3 Å². The third kappa shape index (κ3) is 1.29. The first kappa shape index (κ1) is 6.23. The molecule has 0 saturated carbocycles. The Kier molecular flexibility index (Phi) is 2.02. The van der Waals surface area contributed by atoms with Crippen molar-refractivity contribution in [2.75, 3.05) is 13.1 Å². The van der Waals surface area contributed by atoms with E-state index < -0.39 is 0 Å². The largest absolute Gasteiger partial charge is 0.246 e. The van der Waals surface area contributed by atoms with Gasteiger partial charge in [-0.2, -0.15) is 0 Å². The molecule has 0 amide bonds. The maximum absolute atomic E-state index is 10.2. The standard InChI is InChI=1S/C5H11NOS/c1-5-2-3-6(4-5)8-7/h5,8H,2-4H2,1H3. The molecule has 2 nitrogen and oxygen atoms in total. The maximum atomic E-state index is 10.2. The molecule has 0 aromatic heterocycles. The van der Waals surface area contributed by atoms with Crippen molar-refractivity contribution in [3.63, 3.8) is 0 Å². The van der Waals surface area contributed by atoms with Gasteiger partial charge >= 0.3 is 0 Å². The minimum atomic E-state index is 0.200. The molecule has 1 unspecified atom stereocenters. The highest BCUT2D eigenvalue weighted by molar-refractivity contribution is 7.63. The summed E-state index contributed by atoms with van der Waals surface area (Å²) in [6.07, 6.45) is 1.20. The second kappa shape index (κ2) is 2.60. The van der Waals surface area contributed by atoms with E-state index in [1.807, 2.05) is 4.31 Å². The highest BCUT2D eigenvalue weighted by atomic mass is 32.2. The Labute approximate surface area is 53.5 Å². The zero-order valence-corrected chi connectivity index (χ0v) is 5.90. The van der Waals surface area contributed by atoms with Crippen LogP contribution in [0, 0.1) is 5.92 Å². The highest BCUT2D eigenvalue weighted by Gasteiger charge is 2.16. The summed E-state index contributed by atoms with van der Waals surface area (Å²) >= 11 is 0.200. The van der Waals surface area contributed by atoms with Gasteiger partial charge in [-0.15, -0.1) is 0 Å². The smallest absolute Gasteiger partial charge is 0.0808 e. The average Bonchev–Trinajstić information content (AvgIpc) is 2.14. The summed E-state index contributed by atoms with van der Waals surface area (Å²) in [6, 6.07) is 0. The fourth-order valence-electron chi connectivity index (χ4n) is 0.986. The first-order chi connectivity index (χ1) is 3.83. The maximum Gasteiger partial charge on any atom is 0.0808 e. The highest BCUT2D eigenvalue weighted by Crippen LogP contribution is 2.12. The Bertz CT molecular complexity index is 96.4. The van der Waals surface area contributed by atoms with Crippen molar-refractivity contribution < 1.29 is 4.21 Å². The van der Waals surface area contributed by atoms with Crippen molar-refractivity contribution in [1.29, 1.82) is 0 Å². The fraction of sp³-hybridized carbons (Fsp3) is 1.00. The van der Waals surface area contributed by atoms with E-state index in [1.165, 1.54) is 6.42 Å². The molecule has 8 heavy (non-hydrogen) atoms. The summed E-state index contributed by atoms with van der Waals surface area (Å²) in [5.41, 5.74) is 0. The molecule has 1 atom stereocenters. The zero-order valence-electron chi connectivity index (χ0n) is 5.00. The van der Waals surface area contributed by atoms with Crippen LogP contribution in [0.1, 0.15) is 13.3 Å². The number of rotatable bonds is 1. The molecule has 0 spiro atoms. The molecule has 1 heterocycles. The van der Waals surface area contributed by atoms with Crippen LogP contribution in [0.2, 0.25) is 0 Å². The molecule has 1 rings (SSSR count). The van der Waals surface area contributed by atoms with Crippen LogP contribution < -0.4 is 0 Å². The Morgan fingerprint density at radius 3 is 2.75 bits per heavy atom. The summed E-state index contributed by atoms with van der Waals surface area (Å²) in [4.78, 5) is 0. The van der Waals surface area contributed by atoms with Crippen molar-refractivity contribution in [1.82, 2.24) is 4.31 Å². The third-order valence-electron chi connectivity index (χ3n) is 1.52. The molecule has 0 radical (unpaired) electrons. The van der Waals surface area contributed by atoms with Crippen LogP contribution in [-0.2, 0) is 11.9 Å². The molecular weight excluding hydrogens is 122 g/mol. The lowest BCUT2D eigenvalue weighted by Gasteiger charge is -2.01. The minimum absolute atomic E-state index is 0.200. The van der Waals surface area contributed by atoms with Crippen LogP contribution in [0.4, 0.5) is 0 Å². The predicted molar refractivity (Wildman–Crippen MR) is 34.9 cm³/mol. The van der Waals surface area contributed by atoms with E-state index in [-0.39, 0.29) is 11.9 Å². The van der Waals surface area contributed by atoms with Crippen molar-refractivity contribution in [2.24, 2.45) is 5.92 Å². The van der Waals surface area contributed by atoms with Gasteiger partial charge in [0, 0.05) is 13.1 Å². The molecule has 0 aromatic carbocycles. The van der Waals surface area contributed by atoms with E-state index in [9.17, 15) is 4.21 Å².